The Morgan fingerprint density at radius 2 is 2.09 bits per heavy atom. The standard InChI is InChI=1S/C15H19F3N2O.ClH/c1-9(19-2)8-20-14(21)13-7-12(13)10-4-3-5-11(6-10)15(16,17)18;/h3-6,9,12-13,19H,7-8H2,1-2H3,(H,20,21);1H. The SMILES string of the molecule is CNC(C)CNC(=O)C1CC1c1cccc(C(F)(F)F)c1.Cl. The van der Waals surface area contributed by atoms with E-state index in [1.165, 1.54) is 6.07 Å². The average molecular weight is 337 g/mol. The van der Waals surface area contributed by atoms with Crippen molar-refractivity contribution in [2.45, 2.75) is 31.5 Å². The lowest BCUT2D eigenvalue weighted by Gasteiger charge is -2.11. The van der Waals surface area contributed by atoms with Gasteiger partial charge in [-0.3, -0.25) is 4.79 Å². The van der Waals surface area contributed by atoms with Crippen LogP contribution in [0.2, 0.25) is 0 Å². The second kappa shape index (κ2) is 7.33. The molecular weight excluding hydrogens is 317 g/mol. The Labute approximate surface area is 134 Å². The fourth-order valence-corrected chi connectivity index (χ4v) is 2.29. The van der Waals surface area contributed by atoms with Crippen LogP contribution in [0, 0.1) is 5.92 Å². The Hall–Kier alpha value is -1.27. The number of carbonyl (C=O) groups is 1. The van der Waals surface area contributed by atoms with Crippen molar-refractivity contribution >= 4 is 18.3 Å². The molecule has 2 rings (SSSR count). The average Bonchev–Trinajstić information content (AvgIpc) is 3.24. The Bertz CT molecular complexity index is 522. The number of hydrogen-bond donors (Lipinski definition) is 2. The molecule has 1 aliphatic carbocycles. The Kier molecular flexibility index (Phi) is 6.26. The van der Waals surface area contributed by atoms with Gasteiger partial charge in [0.05, 0.1) is 5.56 Å². The first-order chi connectivity index (χ1) is 9.82. The number of amides is 1. The van der Waals surface area contributed by atoms with Crippen LogP contribution >= 0.6 is 12.4 Å². The Morgan fingerprint density at radius 1 is 1.41 bits per heavy atom. The van der Waals surface area contributed by atoms with E-state index in [1.54, 1.807) is 13.1 Å². The van der Waals surface area contributed by atoms with E-state index in [0.29, 0.717) is 18.5 Å². The molecule has 0 aliphatic heterocycles. The molecule has 124 valence electrons. The molecule has 22 heavy (non-hydrogen) atoms. The molecular formula is C15H20ClF3N2O. The summed E-state index contributed by atoms with van der Waals surface area (Å²) in [6.45, 7) is 2.46. The highest BCUT2D eigenvalue weighted by Crippen LogP contribution is 2.48. The molecule has 3 atom stereocenters. The number of hydrogen-bond acceptors (Lipinski definition) is 2. The van der Waals surface area contributed by atoms with E-state index < -0.39 is 11.7 Å². The topological polar surface area (TPSA) is 41.1 Å². The quantitative estimate of drug-likeness (QED) is 0.868. The van der Waals surface area contributed by atoms with Crippen LogP contribution in [0.3, 0.4) is 0 Å². The van der Waals surface area contributed by atoms with E-state index in [-0.39, 0.29) is 36.2 Å². The number of carbonyl (C=O) groups excluding carboxylic acids is 1. The van der Waals surface area contributed by atoms with Crippen molar-refractivity contribution in [2.75, 3.05) is 13.6 Å². The fourth-order valence-electron chi connectivity index (χ4n) is 2.29. The minimum Gasteiger partial charge on any atom is -0.354 e. The summed E-state index contributed by atoms with van der Waals surface area (Å²) >= 11 is 0. The highest BCUT2D eigenvalue weighted by Gasteiger charge is 2.44. The molecule has 1 fully saturated rings. The van der Waals surface area contributed by atoms with E-state index in [0.717, 1.165) is 12.1 Å². The van der Waals surface area contributed by atoms with E-state index in [4.69, 9.17) is 0 Å². The summed E-state index contributed by atoms with van der Waals surface area (Å²) < 4.78 is 38.0. The van der Waals surface area contributed by atoms with E-state index in [1.807, 2.05) is 6.92 Å². The summed E-state index contributed by atoms with van der Waals surface area (Å²) in [7, 11) is 1.80. The predicted molar refractivity (Wildman–Crippen MR) is 81.1 cm³/mol. The summed E-state index contributed by atoms with van der Waals surface area (Å²) in [5, 5.41) is 5.82. The molecule has 3 unspecified atom stereocenters. The summed E-state index contributed by atoms with van der Waals surface area (Å²) in [6, 6.07) is 5.42. The monoisotopic (exact) mass is 336 g/mol. The third-order valence-electron chi connectivity index (χ3n) is 3.84. The zero-order valence-corrected chi connectivity index (χ0v) is 13.2. The lowest BCUT2D eigenvalue weighted by molar-refractivity contribution is -0.137. The van der Waals surface area contributed by atoms with Gasteiger partial charge in [0.15, 0.2) is 0 Å². The van der Waals surface area contributed by atoms with Gasteiger partial charge in [-0.05, 0) is 37.9 Å². The Morgan fingerprint density at radius 3 is 2.68 bits per heavy atom. The van der Waals surface area contributed by atoms with Gasteiger partial charge in [-0.25, -0.2) is 0 Å². The second-order valence-corrected chi connectivity index (χ2v) is 5.51. The van der Waals surface area contributed by atoms with E-state index in [9.17, 15) is 18.0 Å². The van der Waals surface area contributed by atoms with E-state index in [2.05, 4.69) is 10.6 Å². The third kappa shape index (κ3) is 4.61. The van der Waals surface area contributed by atoms with Crippen molar-refractivity contribution in [1.82, 2.24) is 10.6 Å². The minimum absolute atomic E-state index is 0. The minimum atomic E-state index is -4.34. The van der Waals surface area contributed by atoms with Crippen LogP contribution in [0.15, 0.2) is 24.3 Å². The maximum atomic E-state index is 12.7. The van der Waals surface area contributed by atoms with Crippen LogP contribution in [0.1, 0.15) is 30.4 Å². The molecule has 0 bridgehead atoms. The third-order valence-corrected chi connectivity index (χ3v) is 3.84. The first-order valence-electron chi connectivity index (χ1n) is 6.95. The van der Waals surface area contributed by atoms with Gasteiger partial charge in [0, 0.05) is 18.5 Å². The van der Waals surface area contributed by atoms with Crippen LogP contribution in [0.5, 0.6) is 0 Å². The molecule has 0 radical (unpaired) electrons. The number of rotatable bonds is 5. The van der Waals surface area contributed by atoms with Gasteiger partial charge in [-0.2, -0.15) is 13.2 Å². The van der Waals surface area contributed by atoms with Crippen LogP contribution in [-0.4, -0.2) is 25.5 Å². The molecule has 1 amide bonds. The van der Waals surface area contributed by atoms with Gasteiger partial charge in [0.2, 0.25) is 5.91 Å². The first kappa shape index (κ1) is 18.8. The lowest BCUT2D eigenvalue weighted by Crippen LogP contribution is -2.37. The van der Waals surface area contributed by atoms with Crippen molar-refractivity contribution in [3.63, 3.8) is 0 Å². The van der Waals surface area contributed by atoms with Crippen molar-refractivity contribution in [3.8, 4) is 0 Å². The van der Waals surface area contributed by atoms with Crippen molar-refractivity contribution in [2.24, 2.45) is 5.92 Å². The molecule has 2 N–H and O–H groups in total. The van der Waals surface area contributed by atoms with Crippen LogP contribution in [-0.2, 0) is 11.0 Å². The summed E-state index contributed by atoms with van der Waals surface area (Å²) in [5.41, 5.74) is -0.0681. The summed E-state index contributed by atoms with van der Waals surface area (Å²) in [6.07, 6.45) is -3.73. The van der Waals surface area contributed by atoms with Crippen LogP contribution < -0.4 is 10.6 Å². The summed E-state index contributed by atoms with van der Waals surface area (Å²) in [4.78, 5) is 11.9. The molecule has 1 aliphatic rings. The van der Waals surface area contributed by atoms with Gasteiger partial charge in [0.25, 0.3) is 0 Å². The number of halogens is 4. The van der Waals surface area contributed by atoms with Gasteiger partial charge < -0.3 is 10.6 Å². The smallest absolute Gasteiger partial charge is 0.354 e. The van der Waals surface area contributed by atoms with Crippen LogP contribution in [0.25, 0.3) is 0 Å². The van der Waals surface area contributed by atoms with Gasteiger partial charge in [-0.1, -0.05) is 18.2 Å². The van der Waals surface area contributed by atoms with Crippen molar-refractivity contribution in [3.05, 3.63) is 35.4 Å². The largest absolute Gasteiger partial charge is 0.416 e. The van der Waals surface area contributed by atoms with Crippen molar-refractivity contribution in [1.29, 1.82) is 0 Å². The number of likely N-dealkylation sites (N-methyl/N-ethyl adjacent to an activating group) is 1. The molecule has 1 aromatic carbocycles. The van der Waals surface area contributed by atoms with Gasteiger partial charge in [0.1, 0.15) is 0 Å². The molecule has 0 aromatic heterocycles. The highest BCUT2D eigenvalue weighted by molar-refractivity contribution is 5.85. The van der Waals surface area contributed by atoms with E-state index >= 15 is 0 Å². The fraction of sp³-hybridized carbons (Fsp3) is 0.533. The summed E-state index contributed by atoms with van der Waals surface area (Å²) in [5.74, 6) is -0.394. The second-order valence-electron chi connectivity index (χ2n) is 5.51. The van der Waals surface area contributed by atoms with Crippen molar-refractivity contribution < 1.29 is 18.0 Å². The van der Waals surface area contributed by atoms with Gasteiger partial charge in [-0.15, -0.1) is 12.4 Å². The normalized spacial score (nSPS) is 21.7. The van der Waals surface area contributed by atoms with Crippen LogP contribution in [0.4, 0.5) is 13.2 Å². The molecule has 7 heteroatoms. The number of nitrogens with one attached hydrogen (secondary N) is 2. The number of benzene rings is 1. The Balaban J connectivity index is 0.00000242. The first-order valence-corrected chi connectivity index (χ1v) is 6.95. The molecule has 1 aromatic rings. The molecule has 0 heterocycles. The molecule has 1 saturated carbocycles. The zero-order valence-electron chi connectivity index (χ0n) is 12.4. The maximum absolute atomic E-state index is 12.7. The molecule has 0 saturated heterocycles. The predicted octanol–water partition coefficient (Wildman–Crippen LogP) is 2.95. The molecule has 3 nitrogen and oxygen atoms in total. The zero-order chi connectivity index (χ0) is 15.6. The molecule has 0 spiro atoms. The lowest BCUT2D eigenvalue weighted by atomic mass is 10.1. The van der Waals surface area contributed by atoms with Gasteiger partial charge >= 0.3 is 6.18 Å². The maximum Gasteiger partial charge on any atom is 0.416 e. The highest BCUT2D eigenvalue weighted by atomic mass is 35.5. The number of alkyl halides is 3.